The van der Waals surface area contributed by atoms with Gasteiger partial charge in [0.15, 0.2) is 0 Å². The van der Waals surface area contributed by atoms with Crippen LogP contribution in [0.1, 0.15) is 39.5 Å². The second-order valence-corrected chi connectivity index (χ2v) is 5.44. The molecule has 2 heterocycles. The molecule has 3 rings (SSSR count). The van der Waals surface area contributed by atoms with Gasteiger partial charge in [0.1, 0.15) is 0 Å². The first kappa shape index (κ1) is 13.1. The first-order valence-electron chi connectivity index (χ1n) is 6.79. The van der Waals surface area contributed by atoms with Crippen molar-refractivity contribution in [2.24, 2.45) is 0 Å². The van der Waals surface area contributed by atoms with E-state index in [9.17, 15) is 9.90 Å². The molecule has 1 aliphatic heterocycles. The Morgan fingerprint density at radius 2 is 2.15 bits per heavy atom. The van der Waals surface area contributed by atoms with Crippen molar-refractivity contribution in [2.45, 2.75) is 26.2 Å². The maximum Gasteiger partial charge on any atom is 0.336 e. The largest absolute Gasteiger partial charge is 0.478 e. The van der Waals surface area contributed by atoms with Gasteiger partial charge in [0.05, 0.1) is 17.7 Å². The number of fused-ring (bicyclic) bond motifs is 1. The monoisotopic (exact) mass is 271 g/mol. The molecule has 1 aromatic heterocycles. The second-order valence-electron chi connectivity index (χ2n) is 5.44. The number of rotatable bonds is 2. The third-order valence-electron chi connectivity index (χ3n) is 3.85. The molecule has 1 fully saturated rings. The predicted octanol–water partition coefficient (Wildman–Crippen LogP) is 3.05. The number of nitrogens with zero attached hydrogens (tertiary/aromatic N) is 1. The summed E-state index contributed by atoms with van der Waals surface area (Å²) in [5.41, 5.74) is 4.03. The standard InChI is InChI=1S/C16H17NO3/c1-9-5-10(2)15-12(6-9)13(16(18)19)7-14(17-15)11-3-4-20-8-11/h5-7,11H,3-4,8H2,1-2H3,(H,18,19). The smallest absolute Gasteiger partial charge is 0.336 e. The number of benzene rings is 1. The summed E-state index contributed by atoms with van der Waals surface area (Å²) >= 11 is 0. The fourth-order valence-electron chi connectivity index (χ4n) is 2.85. The van der Waals surface area contributed by atoms with Gasteiger partial charge in [-0.15, -0.1) is 0 Å². The van der Waals surface area contributed by atoms with Crippen molar-refractivity contribution >= 4 is 16.9 Å². The highest BCUT2D eigenvalue weighted by Gasteiger charge is 2.22. The van der Waals surface area contributed by atoms with Crippen LogP contribution in [0.2, 0.25) is 0 Å². The van der Waals surface area contributed by atoms with Gasteiger partial charge >= 0.3 is 5.97 Å². The summed E-state index contributed by atoms with van der Waals surface area (Å²) in [7, 11) is 0. The Morgan fingerprint density at radius 1 is 1.35 bits per heavy atom. The molecule has 0 amide bonds. The van der Waals surface area contributed by atoms with E-state index in [1.54, 1.807) is 6.07 Å². The van der Waals surface area contributed by atoms with Crippen molar-refractivity contribution in [2.75, 3.05) is 13.2 Å². The van der Waals surface area contributed by atoms with E-state index in [1.165, 1.54) is 0 Å². The van der Waals surface area contributed by atoms with Crippen LogP contribution in [-0.2, 0) is 4.74 Å². The maximum absolute atomic E-state index is 11.5. The lowest BCUT2D eigenvalue weighted by molar-refractivity contribution is 0.0698. The Bertz CT molecular complexity index is 688. The van der Waals surface area contributed by atoms with E-state index in [-0.39, 0.29) is 5.92 Å². The van der Waals surface area contributed by atoms with Crippen LogP contribution < -0.4 is 0 Å². The molecule has 1 atom stereocenters. The summed E-state index contributed by atoms with van der Waals surface area (Å²) in [4.78, 5) is 16.2. The van der Waals surface area contributed by atoms with Crippen molar-refractivity contribution in [1.29, 1.82) is 0 Å². The fourth-order valence-corrected chi connectivity index (χ4v) is 2.85. The quantitative estimate of drug-likeness (QED) is 0.912. The molecule has 1 aromatic carbocycles. The molecule has 2 aromatic rings. The number of aryl methyl sites for hydroxylation is 2. The molecular weight excluding hydrogens is 254 g/mol. The lowest BCUT2D eigenvalue weighted by atomic mass is 9.97. The number of pyridine rings is 1. The molecule has 1 aliphatic rings. The minimum Gasteiger partial charge on any atom is -0.478 e. The van der Waals surface area contributed by atoms with Crippen LogP contribution in [0, 0.1) is 13.8 Å². The van der Waals surface area contributed by atoms with Crippen LogP contribution in [0.15, 0.2) is 18.2 Å². The molecule has 20 heavy (non-hydrogen) atoms. The lowest BCUT2D eigenvalue weighted by Gasteiger charge is -2.13. The van der Waals surface area contributed by atoms with Gasteiger partial charge in [-0.2, -0.15) is 0 Å². The number of carbonyl (C=O) groups is 1. The van der Waals surface area contributed by atoms with E-state index in [0.29, 0.717) is 12.2 Å². The third-order valence-corrected chi connectivity index (χ3v) is 3.85. The van der Waals surface area contributed by atoms with Crippen molar-refractivity contribution in [3.8, 4) is 0 Å². The fraction of sp³-hybridized carbons (Fsp3) is 0.375. The zero-order valence-corrected chi connectivity index (χ0v) is 11.6. The van der Waals surface area contributed by atoms with Crippen LogP contribution in [0.25, 0.3) is 10.9 Å². The van der Waals surface area contributed by atoms with E-state index in [4.69, 9.17) is 9.72 Å². The summed E-state index contributed by atoms with van der Waals surface area (Å²) in [6.45, 7) is 5.29. The molecule has 1 unspecified atom stereocenters. The number of aromatic nitrogens is 1. The van der Waals surface area contributed by atoms with Crippen molar-refractivity contribution in [3.05, 3.63) is 40.6 Å². The SMILES string of the molecule is Cc1cc(C)c2nc(C3CCOC3)cc(C(=O)O)c2c1. The first-order chi connectivity index (χ1) is 9.56. The number of hydrogen-bond acceptors (Lipinski definition) is 3. The maximum atomic E-state index is 11.5. The van der Waals surface area contributed by atoms with Gasteiger partial charge in [0.2, 0.25) is 0 Å². The van der Waals surface area contributed by atoms with Gasteiger partial charge in [-0.25, -0.2) is 4.79 Å². The predicted molar refractivity (Wildman–Crippen MR) is 76.4 cm³/mol. The zero-order chi connectivity index (χ0) is 14.3. The zero-order valence-electron chi connectivity index (χ0n) is 11.6. The Hall–Kier alpha value is -1.94. The third kappa shape index (κ3) is 2.16. The van der Waals surface area contributed by atoms with E-state index in [0.717, 1.165) is 40.8 Å². The molecule has 0 bridgehead atoms. The highest BCUT2D eigenvalue weighted by Crippen LogP contribution is 2.29. The van der Waals surface area contributed by atoms with Crippen LogP contribution in [0.4, 0.5) is 0 Å². The summed E-state index contributed by atoms with van der Waals surface area (Å²) in [5.74, 6) is -0.694. The normalized spacial score (nSPS) is 18.6. The van der Waals surface area contributed by atoms with E-state index < -0.39 is 5.97 Å². The molecule has 4 nitrogen and oxygen atoms in total. The van der Waals surface area contributed by atoms with Crippen LogP contribution in [0.3, 0.4) is 0 Å². The second kappa shape index (κ2) is 4.87. The molecule has 0 aliphatic carbocycles. The molecule has 0 radical (unpaired) electrons. The van der Waals surface area contributed by atoms with Gasteiger partial charge in [-0.3, -0.25) is 4.98 Å². The van der Waals surface area contributed by atoms with E-state index >= 15 is 0 Å². The van der Waals surface area contributed by atoms with Crippen molar-refractivity contribution in [3.63, 3.8) is 0 Å². The minimum atomic E-state index is -0.900. The topological polar surface area (TPSA) is 59.4 Å². The van der Waals surface area contributed by atoms with Gasteiger partial charge in [0.25, 0.3) is 0 Å². The molecule has 0 saturated carbocycles. The average molecular weight is 271 g/mol. The average Bonchev–Trinajstić information content (AvgIpc) is 2.91. The first-order valence-corrected chi connectivity index (χ1v) is 6.79. The Balaban J connectivity index is 2.27. The van der Waals surface area contributed by atoms with Crippen molar-refractivity contribution in [1.82, 2.24) is 4.98 Å². The number of aromatic carboxylic acids is 1. The van der Waals surface area contributed by atoms with E-state index in [2.05, 4.69) is 0 Å². The number of hydrogen-bond donors (Lipinski definition) is 1. The number of carboxylic acid groups (broad SMARTS) is 1. The molecule has 1 N–H and O–H groups in total. The van der Waals surface area contributed by atoms with Crippen LogP contribution >= 0.6 is 0 Å². The molecular formula is C16H17NO3. The molecule has 0 spiro atoms. The lowest BCUT2D eigenvalue weighted by Crippen LogP contribution is -2.07. The van der Waals surface area contributed by atoms with Gasteiger partial charge < -0.3 is 9.84 Å². The van der Waals surface area contributed by atoms with Gasteiger partial charge in [0, 0.05) is 23.6 Å². The number of carboxylic acids is 1. The Morgan fingerprint density at radius 3 is 2.80 bits per heavy atom. The Kier molecular flexibility index (Phi) is 3.18. The number of ether oxygens (including phenoxy) is 1. The highest BCUT2D eigenvalue weighted by atomic mass is 16.5. The molecule has 4 heteroatoms. The molecule has 104 valence electrons. The summed E-state index contributed by atoms with van der Waals surface area (Å²) in [6.07, 6.45) is 0.905. The minimum absolute atomic E-state index is 0.207. The van der Waals surface area contributed by atoms with Crippen LogP contribution in [0.5, 0.6) is 0 Å². The highest BCUT2D eigenvalue weighted by molar-refractivity contribution is 6.03. The summed E-state index contributed by atoms with van der Waals surface area (Å²) in [6, 6.07) is 5.65. The van der Waals surface area contributed by atoms with E-state index in [1.807, 2.05) is 26.0 Å². The van der Waals surface area contributed by atoms with Gasteiger partial charge in [-0.05, 0) is 38.0 Å². The van der Waals surface area contributed by atoms with Gasteiger partial charge in [-0.1, -0.05) is 11.6 Å². The van der Waals surface area contributed by atoms with Crippen molar-refractivity contribution < 1.29 is 14.6 Å². The molecule has 1 saturated heterocycles. The summed E-state index contributed by atoms with van der Waals surface area (Å²) < 4.78 is 5.39. The van der Waals surface area contributed by atoms with Crippen LogP contribution in [-0.4, -0.2) is 29.3 Å². The summed E-state index contributed by atoms with van der Waals surface area (Å²) in [5, 5.41) is 10.2. The Labute approximate surface area is 117 Å².